The molecule has 4 nitrogen and oxygen atoms in total. The van der Waals surface area contributed by atoms with E-state index in [-0.39, 0.29) is 19.2 Å². The molecule has 0 aliphatic heterocycles. The van der Waals surface area contributed by atoms with Crippen molar-refractivity contribution in [1.29, 1.82) is 0 Å². The summed E-state index contributed by atoms with van der Waals surface area (Å²) in [6.07, 6.45) is 8.75. The van der Waals surface area contributed by atoms with E-state index < -0.39 is 6.10 Å². The first-order valence-electron chi connectivity index (χ1n) is 12.1. The molecule has 0 saturated heterocycles. The van der Waals surface area contributed by atoms with Gasteiger partial charge in [0.05, 0.1) is 12.7 Å². The van der Waals surface area contributed by atoms with Crippen LogP contribution in [0.3, 0.4) is 0 Å². The van der Waals surface area contributed by atoms with Gasteiger partial charge in [0.1, 0.15) is 11.5 Å². The molecule has 0 amide bonds. The van der Waals surface area contributed by atoms with Crippen LogP contribution in [-0.2, 0) is 11.2 Å². The van der Waals surface area contributed by atoms with Gasteiger partial charge in [0.15, 0.2) is 0 Å². The number of thiophene rings is 1. The Labute approximate surface area is 206 Å². The number of aliphatic hydroxyl groups excluding tert-OH is 2. The van der Waals surface area contributed by atoms with Gasteiger partial charge < -0.3 is 14.9 Å². The average Bonchev–Trinajstić information content (AvgIpc) is 3.44. The predicted octanol–water partition coefficient (Wildman–Crippen LogP) is 6.89. The van der Waals surface area contributed by atoms with Gasteiger partial charge in [-0.3, -0.25) is 0 Å². The molecule has 33 heavy (non-hydrogen) atoms. The molecule has 0 saturated carbocycles. The molecule has 1 heterocycles. The van der Waals surface area contributed by atoms with Crippen LogP contribution in [0.1, 0.15) is 90.1 Å². The van der Waals surface area contributed by atoms with Crippen LogP contribution in [0.25, 0.3) is 5.57 Å². The number of benzene rings is 1. The summed E-state index contributed by atoms with van der Waals surface area (Å²) in [6, 6.07) is 12.1. The fourth-order valence-corrected chi connectivity index (χ4v) is 5.79. The zero-order valence-corrected chi connectivity index (χ0v) is 21.0. The van der Waals surface area contributed by atoms with Crippen molar-refractivity contribution in [2.24, 2.45) is 5.92 Å². The van der Waals surface area contributed by atoms with Crippen LogP contribution in [0.4, 0.5) is 0 Å². The Morgan fingerprint density at radius 1 is 1.18 bits per heavy atom. The molecule has 180 valence electrons. The number of aliphatic hydroxyl groups is 2. The maximum absolute atomic E-state index is 11.9. The Hall–Kier alpha value is -1.66. The quantitative estimate of drug-likeness (QED) is 0.237. The van der Waals surface area contributed by atoms with Gasteiger partial charge in [0.2, 0.25) is 0 Å². The van der Waals surface area contributed by atoms with Crippen molar-refractivity contribution in [3.8, 4) is 0 Å². The minimum atomic E-state index is -0.397. The number of hydrogen-bond acceptors (Lipinski definition) is 5. The second-order valence-corrected chi connectivity index (χ2v) is 10.3. The summed E-state index contributed by atoms with van der Waals surface area (Å²) >= 11 is 8.10. The fraction of sp³-hybridized carbons (Fsp3) is 0.519. The van der Waals surface area contributed by atoms with Crippen LogP contribution < -0.4 is 0 Å². The predicted molar refractivity (Wildman–Crippen MR) is 136 cm³/mol. The highest BCUT2D eigenvalue weighted by molar-refractivity contribution is 7.13. The first-order chi connectivity index (χ1) is 16.0. The molecule has 0 radical (unpaired) electrons. The number of esters is 1. The SMILES string of the molecule is CCCCC[C@@H](O)c1ccc(C2=C(Cl)CC[C@@H]2CCCc2ccc(C(=O)OCCO)s2)cc1. The summed E-state index contributed by atoms with van der Waals surface area (Å²) in [7, 11) is 0. The van der Waals surface area contributed by atoms with Gasteiger partial charge in [0.25, 0.3) is 0 Å². The third-order valence-corrected chi connectivity index (χ3v) is 7.78. The molecular formula is C27H35ClO4S. The largest absolute Gasteiger partial charge is 0.459 e. The Morgan fingerprint density at radius 3 is 2.70 bits per heavy atom. The van der Waals surface area contributed by atoms with Gasteiger partial charge in [-0.2, -0.15) is 0 Å². The van der Waals surface area contributed by atoms with Crippen molar-refractivity contribution >= 4 is 34.5 Å². The highest BCUT2D eigenvalue weighted by Gasteiger charge is 2.25. The van der Waals surface area contributed by atoms with E-state index in [1.54, 1.807) is 6.07 Å². The molecule has 1 aliphatic rings. The van der Waals surface area contributed by atoms with E-state index in [9.17, 15) is 9.90 Å². The smallest absolute Gasteiger partial charge is 0.348 e. The fourth-order valence-electron chi connectivity index (χ4n) is 4.48. The summed E-state index contributed by atoms with van der Waals surface area (Å²) in [5.74, 6) is 0.0683. The molecule has 2 N–H and O–H groups in total. The number of halogens is 1. The van der Waals surface area contributed by atoms with E-state index in [2.05, 4.69) is 19.1 Å². The first kappa shape index (κ1) is 26.0. The van der Waals surface area contributed by atoms with E-state index >= 15 is 0 Å². The maximum Gasteiger partial charge on any atom is 0.348 e. The number of carbonyl (C=O) groups is 1. The summed E-state index contributed by atoms with van der Waals surface area (Å²) in [4.78, 5) is 13.7. The molecule has 2 atom stereocenters. The molecule has 2 aromatic rings. The zero-order valence-electron chi connectivity index (χ0n) is 19.4. The molecule has 1 aliphatic carbocycles. The van der Waals surface area contributed by atoms with Crippen LogP contribution >= 0.6 is 22.9 Å². The van der Waals surface area contributed by atoms with Gasteiger partial charge in [0, 0.05) is 9.91 Å². The van der Waals surface area contributed by atoms with E-state index in [0.717, 1.165) is 73.9 Å². The van der Waals surface area contributed by atoms with Crippen molar-refractivity contribution < 1.29 is 19.7 Å². The third kappa shape index (κ3) is 7.41. The average molecular weight is 491 g/mol. The lowest BCUT2D eigenvalue weighted by Gasteiger charge is -2.17. The normalized spacial score (nSPS) is 16.9. The van der Waals surface area contributed by atoms with Crippen molar-refractivity contribution in [2.45, 2.75) is 70.8 Å². The van der Waals surface area contributed by atoms with Crippen LogP contribution in [0.15, 0.2) is 41.4 Å². The number of aryl methyl sites for hydroxylation is 1. The van der Waals surface area contributed by atoms with Gasteiger partial charge in [-0.05, 0) is 73.3 Å². The maximum atomic E-state index is 11.9. The Kier molecular flexibility index (Phi) is 10.4. The Morgan fingerprint density at radius 2 is 1.97 bits per heavy atom. The summed E-state index contributed by atoms with van der Waals surface area (Å²) in [6.45, 7) is 2.04. The van der Waals surface area contributed by atoms with Gasteiger partial charge in [-0.15, -0.1) is 11.3 Å². The zero-order chi connectivity index (χ0) is 23.6. The van der Waals surface area contributed by atoms with Crippen molar-refractivity contribution in [1.82, 2.24) is 0 Å². The Bertz CT molecular complexity index is 918. The molecule has 6 heteroatoms. The second kappa shape index (κ2) is 13.3. The summed E-state index contributed by atoms with van der Waals surface area (Å²) < 4.78 is 4.98. The third-order valence-electron chi connectivity index (χ3n) is 6.26. The minimum Gasteiger partial charge on any atom is -0.459 e. The van der Waals surface area contributed by atoms with Gasteiger partial charge in [-0.25, -0.2) is 4.79 Å². The number of carbonyl (C=O) groups excluding carboxylic acids is 1. The molecule has 0 fully saturated rings. The van der Waals surface area contributed by atoms with Crippen LogP contribution in [0, 0.1) is 5.92 Å². The van der Waals surface area contributed by atoms with E-state index in [1.165, 1.54) is 21.8 Å². The second-order valence-electron chi connectivity index (χ2n) is 8.71. The Balaban J connectivity index is 1.54. The topological polar surface area (TPSA) is 66.8 Å². The number of rotatable bonds is 13. The lowest BCUT2D eigenvalue weighted by Crippen LogP contribution is -2.06. The van der Waals surface area contributed by atoms with Crippen molar-refractivity contribution in [3.05, 3.63) is 62.3 Å². The minimum absolute atomic E-state index is 0.0302. The van der Waals surface area contributed by atoms with E-state index in [4.69, 9.17) is 21.4 Å². The van der Waals surface area contributed by atoms with Crippen molar-refractivity contribution in [2.75, 3.05) is 13.2 Å². The monoisotopic (exact) mass is 490 g/mol. The lowest BCUT2D eigenvalue weighted by molar-refractivity contribution is 0.0439. The number of ether oxygens (including phenoxy) is 1. The summed E-state index contributed by atoms with van der Waals surface area (Å²) in [5, 5.41) is 20.2. The molecule has 1 aromatic carbocycles. The first-order valence-corrected chi connectivity index (χ1v) is 13.3. The number of allylic oxidation sites excluding steroid dienone is 2. The van der Waals surface area contributed by atoms with Crippen LogP contribution in [0.5, 0.6) is 0 Å². The molecule has 0 unspecified atom stereocenters. The molecule has 0 bridgehead atoms. The molecule has 3 rings (SSSR count). The molecule has 1 aromatic heterocycles. The summed E-state index contributed by atoms with van der Waals surface area (Å²) in [5.41, 5.74) is 3.40. The van der Waals surface area contributed by atoms with Gasteiger partial charge >= 0.3 is 5.97 Å². The number of hydrogen-bond donors (Lipinski definition) is 2. The van der Waals surface area contributed by atoms with Gasteiger partial charge in [-0.1, -0.05) is 62.1 Å². The lowest BCUT2D eigenvalue weighted by atomic mass is 9.89. The highest BCUT2D eigenvalue weighted by Crippen LogP contribution is 2.43. The standard InChI is InChI=1S/C27H35ClO4S/c1-2-3-4-8-24(30)19-9-11-21(12-10-19)26-20(13-15-23(26)28)6-5-7-22-14-16-25(33-22)27(31)32-18-17-29/h9-12,14,16,20,24,29-30H,2-8,13,15,17-18H2,1H3/t20-,24+/m0/s1. The van der Waals surface area contributed by atoms with E-state index in [1.807, 2.05) is 18.2 Å². The highest BCUT2D eigenvalue weighted by atomic mass is 35.5. The number of unbranched alkanes of at least 4 members (excludes halogenated alkanes) is 2. The molecule has 0 spiro atoms. The van der Waals surface area contributed by atoms with Crippen LogP contribution in [0.2, 0.25) is 0 Å². The van der Waals surface area contributed by atoms with Crippen LogP contribution in [-0.4, -0.2) is 29.4 Å². The molecular weight excluding hydrogens is 456 g/mol. The van der Waals surface area contributed by atoms with Crippen molar-refractivity contribution in [3.63, 3.8) is 0 Å². The van der Waals surface area contributed by atoms with E-state index in [0.29, 0.717) is 10.8 Å².